The van der Waals surface area contributed by atoms with E-state index in [1.54, 1.807) is 6.20 Å². The second kappa shape index (κ2) is 9.24. The number of aromatic amines is 1. The summed E-state index contributed by atoms with van der Waals surface area (Å²) in [6.07, 6.45) is 4.21. The Balaban J connectivity index is 1.41. The van der Waals surface area contributed by atoms with Gasteiger partial charge in [-0.1, -0.05) is 25.5 Å². The number of ether oxygens (including phenoxy) is 3. The summed E-state index contributed by atoms with van der Waals surface area (Å²) in [7, 11) is -1.33. The first kappa shape index (κ1) is 21.0. The summed E-state index contributed by atoms with van der Waals surface area (Å²) in [5, 5.41) is 0.459. The van der Waals surface area contributed by atoms with Gasteiger partial charge in [-0.15, -0.1) is 0 Å². The highest BCUT2D eigenvalue weighted by atomic mass is 32.2. The van der Waals surface area contributed by atoms with Crippen LogP contribution in [0.25, 0.3) is 11.0 Å². The van der Waals surface area contributed by atoms with Crippen LogP contribution in [0.5, 0.6) is 5.75 Å². The van der Waals surface area contributed by atoms with E-state index in [1.165, 1.54) is 0 Å². The summed E-state index contributed by atoms with van der Waals surface area (Å²) in [6.45, 7) is 5.81. The predicted octanol–water partition coefficient (Wildman–Crippen LogP) is 3.89. The lowest BCUT2D eigenvalue weighted by Gasteiger charge is -2.27. The summed E-state index contributed by atoms with van der Waals surface area (Å²) in [4.78, 5) is 12.0. The molecule has 1 aromatic carbocycles. The van der Waals surface area contributed by atoms with E-state index >= 15 is 0 Å². The summed E-state index contributed by atoms with van der Waals surface area (Å²) in [5.74, 6) is 0.488. The Morgan fingerprint density at radius 2 is 2.00 bits per heavy atom. The number of hydrogen-bond acceptors (Lipinski definition) is 6. The van der Waals surface area contributed by atoms with Gasteiger partial charge < -0.3 is 19.2 Å². The molecule has 0 aliphatic carbocycles. The molecule has 0 radical (unpaired) electrons. The molecule has 1 fully saturated rings. The van der Waals surface area contributed by atoms with E-state index in [-0.39, 0.29) is 5.75 Å². The molecule has 8 heteroatoms. The first-order valence-electron chi connectivity index (χ1n) is 10.3. The molecule has 1 unspecified atom stereocenters. The normalized spacial score (nSPS) is 16.7. The van der Waals surface area contributed by atoms with Crippen molar-refractivity contribution in [3.05, 3.63) is 47.8 Å². The number of benzene rings is 1. The van der Waals surface area contributed by atoms with Crippen molar-refractivity contribution in [2.75, 3.05) is 19.8 Å². The number of aromatic nitrogens is 3. The van der Waals surface area contributed by atoms with Gasteiger partial charge >= 0.3 is 0 Å². The fourth-order valence-corrected chi connectivity index (χ4v) is 4.80. The van der Waals surface area contributed by atoms with Crippen LogP contribution in [-0.2, 0) is 26.0 Å². The Morgan fingerprint density at radius 1 is 1.20 bits per heavy atom. The number of pyridine rings is 1. The molecule has 160 valence electrons. The molecule has 3 aromatic rings. The standard InChI is InChI=1S/C22H27N3O4S/c1-3-9-22(28-13-14-29-22)10-12-27-20-8-11-23-19(16(20)2)15-30(26)21-24-17-6-4-5-7-18(17)25-21/h4-8,11H,3,9-10,12-15H2,1-2H3,(H,24,25). The molecule has 0 bridgehead atoms. The van der Waals surface area contributed by atoms with Crippen molar-refractivity contribution in [3.8, 4) is 5.75 Å². The van der Waals surface area contributed by atoms with Gasteiger partial charge in [0.25, 0.3) is 0 Å². The van der Waals surface area contributed by atoms with Crippen LogP contribution >= 0.6 is 0 Å². The molecule has 1 N–H and O–H groups in total. The zero-order chi connectivity index (χ0) is 21.0. The number of H-pyrrole nitrogens is 1. The third-order valence-electron chi connectivity index (χ3n) is 5.29. The minimum atomic E-state index is -1.33. The third-order valence-corrected chi connectivity index (χ3v) is 6.46. The number of nitrogens with zero attached hydrogens (tertiary/aromatic N) is 2. The zero-order valence-electron chi connectivity index (χ0n) is 17.3. The highest BCUT2D eigenvalue weighted by molar-refractivity contribution is 7.84. The largest absolute Gasteiger partial charge is 0.493 e. The smallest absolute Gasteiger partial charge is 0.197 e. The van der Waals surface area contributed by atoms with Gasteiger partial charge in [0.15, 0.2) is 10.9 Å². The lowest BCUT2D eigenvalue weighted by molar-refractivity contribution is -0.170. The Kier molecular flexibility index (Phi) is 6.46. The van der Waals surface area contributed by atoms with Crippen molar-refractivity contribution in [1.29, 1.82) is 0 Å². The SMILES string of the molecule is CCCC1(CCOc2ccnc(CS(=O)c3nc4ccccc4[nH]3)c2C)OCCO1. The average molecular weight is 430 g/mol. The molecule has 4 rings (SSSR count). The van der Waals surface area contributed by atoms with Gasteiger partial charge in [0, 0.05) is 24.6 Å². The van der Waals surface area contributed by atoms with Crippen LogP contribution < -0.4 is 4.74 Å². The van der Waals surface area contributed by atoms with E-state index in [9.17, 15) is 4.21 Å². The maximum absolute atomic E-state index is 12.9. The van der Waals surface area contributed by atoms with Gasteiger partial charge in [0.1, 0.15) is 5.75 Å². The Bertz CT molecular complexity index is 997. The number of rotatable bonds is 9. The Labute approximate surface area is 178 Å². The lowest BCUT2D eigenvalue weighted by atomic mass is 10.1. The van der Waals surface area contributed by atoms with Crippen molar-refractivity contribution < 1.29 is 18.4 Å². The quantitative estimate of drug-likeness (QED) is 0.555. The van der Waals surface area contributed by atoms with Crippen LogP contribution in [0, 0.1) is 6.92 Å². The number of nitrogens with one attached hydrogen (secondary N) is 1. The molecule has 0 amide bonds. The fraction of sp³-hybridized carbons (Fsp3) is 0.455. The van der Waals surface area contributed by atoms with Crippen molar-refractivity contribution in [2.45, 2.75) is 49.8 Å². The fourth-order valence-electron chi connectivity index (χ4n) is 3.70. The molecule has 7 nitrogen and oxygen atoms in total. The zero-order valence-corrected chi connectivity index (χ0v) is 18.2. The van der Waals surface area contributed by atoms with E-state index in [2.05, 4.69) is 21.9 Å². The summed E-state index contributed by atoms with van der Waals surface area (Å²) in [6, 6.07) is 9.49. The van der Waals surface area contributed by atoms with Crippen molar-refractivity contribution >= 4 is 21.8 Å². The molecule has 1 aliphatic heterocycles. The average Bonchev–Trinajstić information content (AvgIpc) is 3.38. The highest BCUT2D eigenvalue weighted by Crippen LogP contribution is 2.29. The molecular formula is C22H27N3O4S. The molecule has 2 aromatic heterocycles. The molecule has 30 heavy (non-hydrogen) atoms. The molecule has 3 heterocycles. The van der Waals surface area contributed by atoms with Crippen molar-refractivity contribution in [1.82, 2.24) is 15.0 Å². The first-order valence-corrected chi connectivity index (χ1v) is 11.6. The van der Waals surface area contributed by atoms with E-state index in [4.69, 9.17) is 14.2 Å². The number of fused-ring (bicyclic) bond motifs is 1. The Morgan fingerprint density at radius 3 is 2.77 bits per heavy atom. The van der Waals surface area contributed by atoms with Gasteiger partial charge in [-0.2, -0.15) is 0 Å². The number of para-hydroxylation sites is 2. The van der Waals surface area contributed by atoms with E-state index in [0.29, 0.717) is 31.4 Å². The van der Waals surface area contributed by atoms with Crippen LogP contribution in [0.1, 0.15) is 37.4 Å². The number of hydrogen-bond donors (Lipinski definition) is 1. The monoisotopic (exact) mass is 429 g/mol. The second-order valence-electron chi connectivity index (χ2n) is 7.39. The molecule has 1 saturated heterocycles. The topological polar surface area (TPSA) is 86.3 Å². The van der Waals surface area contributed by atoms with Gasteiger partial charge in [0.2, 0.25) is 0 Å². The van der Waals surface area contributed by atoms with Gasteiger partial charge in [-0.05, 0) is 25.1 Å². The van der Waals surface area contributed by atoms with Crippen LogP contribution in [0.3, 0.4) is 0 Å². The summed E-state index contributed by atoms with van der Waals surface area (Å²) >= 11 is 0. The molecule has 1 aliphatic rings. The molecular weight excluding hydrogens is 402 g/mol. The minimum Gasteiger partial charge on any atom is -0.493 e. The minimum absolute atomic E-state index is 0.273. The highest BCUT2D eigenvalue weighted by Gasteiger charge is 2.35. The van der Waals surface area contributed by atoms with Gasteiger partial charge in [-0.25, -0.2) is 4.98 Å². The maximum Gasteiger partial charge on any atom is 0.197 e. The van der Waals surface area contributed by atoms with Crippen molar-refractivity contribution in [3.63, 3.8) is 0 Å². The van der Waals surface area contributed by atoms with Crippen LogP contribution in [0.4, 0.5) is 0 Å². The lowest BCUT2D eigenvalue weighted by Crippen LogP contribution is -2.32. The van der Waals surface area contributed by atoms with E-state index in [0.717, 1.165) is 40.9 Å². The summed E-state index contributed by atoms with van der Waals surface area (Å²) in [5.41, 5.74) is 3.31. The van der Waals surface area contributed by atoms with E-state index < -0.39 is 16.6 Å². The second-order valence-corrected chi connectivity index (χ2v) is 8.75. The van der Waals surface area contributed by atoms with Gasteiger partial charge in [-0.3, -0.25) is 9.19 Å². The molecule has 0 spiro atoms. The predicted molar refractivity (Wildman–Crippen MR) is 115 cm³/mol. The summed E-state index contributed by atoms with van der Waals surface area (Å²) < 4.78 is 30.5. The molecule has 0 saturated carbocycles. The van der Waals surface area contributed by atoms with Crippen molar-refractivity contribution in [2.24, 2.45) is 0 Å². The van der Waals surface area contributed by atoms with Crippen LogP contribution in [0.2, 0.25) is 0 Å². The third kappa shape index (κ3) is 4.55. The Hall–Kier alpha value is -2.29. The number of imidazole rings is 1. The van der Waals surface area contributed by atoms with Gasteiger partial charge in [0.05, 0.1) is 53.1 Å². The first-order chi connectivity index (χ1) is 14.6. The van der Waals surface area contributed by atoms with E-state index in [1.807, 2.05) is 37.3 Å². The maximum atomic E-state index is 12.9. The van der Waals surface area contributed by atoms with Crippen LogP contribution in [-0.4, -0.2) is 44.8 Å². The molecule has 1 atom stereocenters. The van der Waals surface area contributed by atoms with Crippen LogP contribution in [0.15, 0.2) is 41.7 Å².